The van der Waals surface area contributed by atoms with Crippen molar-refractivity contribution in [1.82, 2.24) is 10.2 Å². The van der Waals surface area contributed by atoms with Crippen molar-refractivity contribution in [3.05, 3.63) is 35.9 Å². The van der Waals surface area contributed by atoms with Gasteiger partial charge in [-0.3, -0.25) is 9.59 Å². The van der Waals surface area contributed by atoms with Crippen molar-refractivity contribution < 1.29 is 19.5 Å². The second-order valence-corrected chi connectivity index (χ2v) is 9.60. The Balaban J connectivity index is 1.72. The number of benzene rings is 1. The molecular weight excluding hydrogens is 378 g/mol. The average Bonchev–Trinajstić information content (AvgIpc) is 2.92. The third kappa shape index (κ3) is 3.75. The van der Waals surface area contributed by atoms with Crippen molar-refractivity contribution >= 4 is 29.5 Å². The van der Waals surface area contributed by atoms with Gasteiger partial charge in [0, 0.05) is 4.75 Å². The Bertz CT molecular complexity index is 755. The van der Waals surface area contributed by atoms with Crippen LogP contribution >= 0.6 is 11.8 Å². The minimum absolute atomic E-state index is 0.196. The highest BCUT2D eigenvalue weighted by Crippen LogP contribution is 2.50. The number of rotatable bonds is 8. The van der Waals surface area contributed by atoms with E-state index < -0.39 is 22.8 Å². The van der Waals surface area contributed by atoms with E-state index in [1.165, 1.54) is 16.7 Å². The number of carbonyl (C=O) groups excluding carboxylic acids is 2. The molecule has 0 radical (unpaired) electrons. The van der Waals surface area contributed by atoms with Gasteiger partial charge in [-0.15, -0.1) is 11.8 Å². The molecule has 2 amide bonds. The van der Waals surface area contributed by atoms with Gasteiger partial charge in [0.2, 0.25) is 11.8 Å². The van der Waals surface area contributed by atoms with Gasteiger partial charge in [0.25, 0.3) is 0 Å². The van der Waals surface area contributed by atoms with Gasteiger partial charge in [-0.2, -0.15) is 0 Å². The van der Waals surface area contributed by atoms with Gasteiger partial charge in [-0.25, -0.2) is 4.79 Å². The molecule has 1 aromatic rings. The Morgan fingerprint density at radius 2 is 1.96 bits per heavy atom. The van der Waals surface area contributed by atoms with Crippen LogP contribution in [0, 0.1) is 0 Å². The maximum absolute atomic E-state index is 13.0. The molecule has 4 N–H and O–H groups in total. The van der Waals surface area contributed by atoms with E-state index in [0.717, 1.165) is 18.4 Å². The first-order valence-electron chi connectivity index (χ1n) is 9.56. The zero-order valence-electron chi connectivity index (χ0n) is 16.1. The highest BCUT2D eigenvalue weighted by Gasteiger charge is 2.64. The molecule has 0 bridgehead atoms. The molecule has 2 saturated heterocycles. The fraction of sp³-hybridized carbons (Fsp3) is 0.550. The Hall–Kier alpha value is -2.06. The lowest BCUT2D eigenvalue weighted by atomic mass is 9.91. The number of nitrogens with one attached hydrogen (secondary N) is 1. The van der Waals surface area contributed by atoms with Gasteiger partial charge in [0.05, 0.1) is 5.92 Å². The van der Waals surface area contributed by atoms with Crippen LogP contribution in [0.2, 0.25) is 0 Å². The summed E-state index contributed by atoms with van der Waals surface area (Å²) in [5.74, 6) is -1.89. The summed E-state index contributed by atoms with van der Waals surface area (Å²) in [5, 5.41) is 12.1. The molecule has 0 aliphatic carbocycles. The summed E-state index contributed by atoms with van der Waals surface area (Å²) in [7, 11) is 0. The maximum Gasteiger partial charge on any atom is 0.327 e. The number of carboxylic acid groups (broad SMARTS) is 1. The van der Waals surface area contributed by atoms with Crippen LogP contribution in [0.25, 0.3) is 0 Å². The van der Waals surface area contributed by atoms with Gasteiger partial charge in [0.15, 0.2) is 0 Å². The lowest BCUT2D eigenvalue weighted by Gasteiger charge is -2.44. The van der Waals surface area contributed by atoms with Crippen molar-refractivity contribution in [2.45, 2.75) is 61.2 Å². The zero-order chi connectivity index (χ0) is 20.5. The number of carboxylic acids is 1. The van der Waals surface area contributed by atoms with Gasteiger partial charge in [-0.1, -0.05) is 36.8 Å². The molecule has 0 unspecified atom stereocenters. The number of thioether (sulfide) groups is 1. The Labute approximate surface area is 169 Å². The molecule has 28 heavy (non-hydrogen) atoms. The molecule has 2 heterocycles. The van der Waals surface area contributed by atoms with Crippen LogP contribution in [0.15, 0.2) is 30.3 Å². The van der Waals surface area contributed by atoms with Gasteiger partial charge < -0.3 is 21.1 Å². The first-order chi connectivity index (χ1) is 13.3. The Morgan fingerprint density at radius 1 is 1.29 bits per heavy atom. The van der Waals surface area contributed by atoms with Crippen molar-refractivity contribution in [2.75, 3.05) is 6.54 Å². The number of fused-ring (bicyclic) bond motifs is 1. The summed E-state index contributed by atoms with van der Waals surface area (Å²) in [6, 6.07) is 7.95. The quantitative estimate of drug-likeness (QED) is 0.447. The van der Waals surface area contributed by atoms with E-state index in [9.17, 15) is 19.5 Å². The second-order valence-electron chi connectivity index (χ2n) is 7.83. The zero-order valence-corrected chi connectivity index (χ0v) is 16.9. The third-order valence-electron chi connectivity index (χ3n) is 5.44. The number of nitrogens with two attached hydrogens (primary N) is 1. The molecule has 7 nitrogen and oxygen atoms in total. The van der Waals surface area contributed by atoms with Crippen LogP contribution < -0.4 is 11.1 Å². The Morgan fingerprint density at radius 3 is 2.57 bits per heavy atom. The van der Waals surface area contributed by atoms with Gasteiger partial charge >= 0.3 is 5.97 Å². The van der Waals surface area contributed by atoms with Gasteiger partial charge in [-0.05, 0) is 38.8 Å². The lowest BCUT2D eigenvalue weighted by Crippen LogP contribution is -2.70. The van der Waals surface area contributed by atoms with Crippen molar-refractivity contribution in [1.29, 1.82) is 0 Å². The number of carbonyl (C=O) groups is 3. The molecule has 0 spiro atoms. The SMILES string of the molecule is CC1(C)S[C@@H]2[C@H](NC(=O)[C@@H](CCCCN)c3ccccc3)C(=O)N2[C@H]1C(=O)O. The molecule has 0 aromatic heterocycles. The number of unbranched alkanes of at least 4 members (excludes halogenated alkanes) is 1. The molecule has 2 fully saturated rings. The molecule has 152 valence electrons. The standard InChI is InChI=1S/C20H27N3O4S/c1-20(2)15(19(26)27)23-17(25)14(18(23)28-20)22-16(24)13(10-6-7-11-21)12-8-4-3-5-9-12/h3-5,8-9,13-15,18H,6-7,10-11,21H2,1-2H3,(H,22,24)(H,26,27)/t13-,14+,15-,18+/m0/s1. The fourth-order valence-electron chi connectivity index (χ4n) is 4.03. The van der Waals surface area contributed by atoms with Crippen LogP contribution in [0.5, 0.6) is 0 Å². The number of hydrogen-bond donors (Lipinski definition) is 3. The summed E-state index contributed by atoms with van der Waals surface area (Å²) in [5.41, 5.74) is 6.48. The number of hydrogen-bond acceptors (Lipinski definition) is 5. The van der Waals surface area contributed by atoms with E-state index in [-0.39, 0.29) is 23.1 Å². The van der Waals surface area contributed by atoms with Crippen molar-refractivity contribution in [2.24, 2.45) is 5.73 Å². The van der Waals surface area contributed by atoms with Crippen LogP contribution in [0.3, 0.4) is 0 Å². The predicted molar refractivity (Wildman–Crippen MR) is 108 cm³/mol. The van der Waals surface area contributed by atoms with E-state index in [1.807, 2.05) is 44.2 Å². The van der Waals surface area contributed by atoms with E-state index in [0.29, 0.717) is 13.0 Å². The summed E-state index contributed by atoms with van der Waals surface area (Å²) in [4.78, 5) is 38.6. The van der Waals surface area contributed by atoms with E-state index in [2.05, 4.69) is 5.32 Å². The second kappa shape index (κ2) is 8.13. The van der Waals surface area contributed by atoms with E-state index in [1.54, 1.807) is 0 Å². The monoisotopic (exact) mass is 405 g/mol. The van der Waals surface area contributed by atoms with Crippen LogP contribution in [0.1, 0.15) is 44.6 Å². The summed E-state index contributed by atoms with van der Waals surface area (Å²) >= 11 is 1.43. The number of amides is 2. The summed E-state index contributed by atoms with van der Waals surface area (Å²) < 4.78 is -0.606. The van der Waals surface area contributed by atoms with Gasteiger partial charge in [0.1, 0.15) is 17.5 Å². The highest BCUT2D eigenvalue weighted by atomic mass is 32.2. The maximum atomic E-state index is 13.0. The van der Waals surface area contributed by atoms with E-state index in [4.69, 9.17) is 5.73 Å². The minimum Gasteiger partial charge on any atom is -0.480 e. The fourth-order valence-corrected chi connectivity index (χ4v) is 5.65. The smallest absolute Gasteiger partial charge is 0.327 e. The normalized spacial score (nSPS) is 26.3. The Kier molecular flexibility index (Phi) is 6.00. The predicted octanol–water partition coefficient (Wildman–Crippen LogP) is 1.53. The molecule has 2 aliphatic rings. The van der Waals surface area contributed by atoms with Crippen LogP contribution in [-0.2, 0) is 14.4 Å². The number of β-lactam (4-membered cyclic amide) rings is 1. The summed E-state index contributed by atoms with van der Waals surface area (Å²) in [6.45, 7) is 4.21. The largest absolute Gasteiger partial charge is 0.480 e. The summed E-state index contributed by atoms with van der Waals surface area (Å²) in [6.07, 6.45) is 2.30. The minimum atomic E-state index is -1.01. The van der Waals surface area contributed by atoms with Crippen molar-refractivity contribution in [3.63, 3.8) is 0 Å². The van der Waals surface area contributed by atoms with Crippen LogP contribution in [0.4, 0.5) is 0 Å². The number of nitrogens with zero attached hydrogens (tertiary/aromatic N) is 1. The van der Waals surface area contributed by atoms with E-state index >= 15 is 0 Å². The highest BCUT2D eigenvalue weighted by molar-refractivity contribution is 8.01. The molecular formula is C20H27N3O4S. The molecule has 0 saturated carbocycles. The topological polar surface area (TPSA) is 113 Å². The van der Waals surface area contributed by atoms with Crippen molar-refractivity contribution in [3.8, 4) is 0 Å². The molecule has 1 aromatic carbocycles. The lowest BCUT2D eigenvalue weighted by molar-refractivity contribution is -0.161. The first kappa shape index (κ1) is 20.7. The van der Waals surface area contributed by atoms with Crippen LogP contribution in [-0.4, -0.2) is 56.5 Å². The molecule has 3 rings (SSSR count). The first-order valence-corrected chi connectivity index (χ1v) is 10.4. The molecule has 2 aliphatic heterocycles. The average molecular weight is 406 g/mol. The molecule has 8 heteroatoms. The third-order valence-corrected chi connectivity index (χ3v) is 7.01. The molecule has 4 atom stereocenters. The number of aliphatic carboxylic acids is 1.